The molecule has 25 heavy (non-hydrogen) atoms. The molecule has 0 radical (unpaired) electrons. The number of ether oxygens (including phenoxy) is 2. The van der Waals surface area contributed by atoms with Crippen LogP contribution >= 0.6 is 0 Å². The Kier molecular flexibility index (Phi) is 3.17. The Morgan fingerprint density at radius 1 is 1.20 bits per heavy atom. The lowest BCUT2D eigenvalue weighted by atomic mass is 9.26. The van der Waals surface area contributed by atoms with Crippen LogP contribution in [0.4, 0.5) is 0 Å². The first-order valence-electron chi connectivity index (χ1n) is 10.1. The molecule has 3 aliphatic carbocycles. The maximum atomic E-state index is 12.4. The van der Waals surface area contributed by atoms with E-state index in [0.717, 1.165) is 25.7 Å². The zero-order chi connectivity index (χ0) is 17.6. The zero-order valence-electron chi connectivity index (χ0n) is 15.6. The molecule has 3 saturated carbocycles. The first-order chi connectivity index (χ1) is 11.9. The summed E-state index contributed by atoms with van der Waals surface area (Å²) in [5, 5.41) is 9.42. The summed E-state index contributed by atoms with van der Waals surface area (Å²) in [7, 11) is 0. The van der Waals surface area contributed by atoms with Crippen LogP contribution in [-0.2, 0) is 14.3 Å². The summed E-state index contributed by atoms with van der Waals surface area (Å²) in [5.41, 5.74) is -0.231. The molecular weight excluding hydrogens is 314 g/mol. The van der Waals surface area contributed by atoms with E-state index in [-0.39, 0.29) is 28.6 Å². The van der Waals surface area contributed by atoms with Crippen LogP contribution in [0.25, 0.3) is 0 Å². The van der Waals surface area contributed by atoms with Crippen molar-refractivity contribution in [3.63, 3.8) is 0 Å². The van der Waals surface area contributed by atoms with Gasteiger partial charge in [-0.25, -0.2) is 0 Å². The monoisotopic (exact) mass is 343 g/mol. The van der Waals surface area contributed by atoms with E-state index in [9.17, 15) is 10.1 Å². The second kappa shape index (κ2) is 4.87. The maximum Gasteiger partial charge on any atom is 0.161 e. The SMILES string of the molecule is CC1CCC2C3(C)C(=O)CC3C23OC2OCCC(C#N)CC2CC13C. The second-order valence-electron chi connectivity index (χ2n) is 9.88. The number of carbonyl (C=O) groups excluding carboxylic acids is 1. The number of ketones is 1. The van der Waals surface area contributed by atoms with Crippen molar-refractivity contribution in [3.05, 3.63) is 0 Å². The zero-order valence-corrected chi connectivity index (χ0v) is 15.6. The van der Waals surface area contributed by atoms with Gasteiger partial charge in [0.15, 0.2) is 6.29 Å². The standard InChI is InChI=1S/C21H29NO3/c1-12-4-5-15-20(3)16(9-17(20)23)21(15)19(12,2)10-14-8-13(11-22)6-7-24-18(14)25-21/h12-16,18H,4-10H2,1-3H3. The summed E-state index contributed by atoms with van der Waals surface area (Å²) < 4.78 is 13.0. The highest BCUT2D eigenvalue weighted by molar-refractivity contribution is 5.94. The number of hydrogen-bond donors (Lipinski definition) is 0. The molecule has 0 amide bonds. The quantitative estimate of drug-likeness (QED) is 0.673. The van der Waals surface area contributed by atoms with Gasteiger partial charge in [0.2, 0.25) is 0 Å². The molecule has 2 heterocycles. The molecule has 5 aliphatic rings. The van der Waals surface area contributed by atoms with Crippen LogP contribution in [-0.4, -0.2) is 24.3 Å². The van der Waals surface area contributed by atoms with Crippen molar-refractivity contribution in [2.75, 3.05) is 6.61 Å². The largest absolute Gasteiger partial charge is 0.352 e. The number of nitrogens with zero attached hydrogens (tertiary/aromatic N) is 1. The Bertz CT molecular complexity index is 671. The molecule has 136 valence electrons. The minimum atomic E-state index is -0.181. The van der Waals surface area contributed by atoms with Crippen molar-refractivity contribution in [1.82, 2.24) is 0 Å². The van der Waals surface area contributed by atoms with Crippen LogP contribution in [0.3, 0.4) is 0 Å². The van der Waals surface area contributed by atoms with Gasteiger partial charge in [-0.05, 0) is 38.0 Å². The van der Waals surface area contributed by atoms with Crippen LogP contribution in [0.15, 0.2) is 0 Å². The molecule has 9 atom stereocenters. The summed E-state index contributed by atoms with van der Waals surface area (Å²) in [6, 6.07) is 2.46. The lowest BCUT2D eigenvalue weighted by Crippen LogP contribution is -2.86. The molecule has 9 unspecified atom stereocenters. The van der Waals surface area contributed by atoms with E-state index in [2.05, 4.69) is 26.8 Å². The Morgan fingerprint density at radius 2 is 2.00 bits per heavy atom. The minimum Gasteiger partial charge on any atom is -0.352 e. The molecule has 2 aliphatic heterocycles. The Hall–Kier alpha value is -0.920. The third-order valence-corrected chi connectivity index (χ3v) is 9.24. The van der Waals surface area contributed by atoms with Gasteiger partial charge in [-0.3, -0.25) is 4.79 Å². The highest BCUT2D eigenvalue weighted by atomic mass is 16.7. The number of fused-ring (bicyclic) bond motifs is 3. The maximum absolute atomic E-state index is 12.4. The summed E-state index contributed by atoms with van der Waals surface area (Å²) in [5.74, 6) is 2.15. The predicted molar refractivity (Wildman–Crippen MR) is 91.2 cm³/mol. The van der Waals surface area contributed by atoms with Gasteiger partial charge in [0.05, 0.1) is 18.3 Å². The smallest absolute Gasteiger partial charge is 0.161 e. The van der Waals surface area contributed by atoms with Gasteiger partial charge in [-0.2, -0.15) is 5.26 Å². The van der Waals surface area contributed by atoms with Gasteiger partial charge >= 0.3 is 0 Å². The lowest BCUT2D eigenvalue weighted by Gasteiger charge is -2.81. The molecular formula is C21H29NO3. The molecule has 0 aromatic rings. The number of Topliss-reactive ketones (excluding diaryl/α,β-unsaturated/α-hetero) is 1. The van der Waals surface area contributed by atoms with E-state index < -0.39 is 0 Å². The fourth-order valence-corrected chi connectivity index (χ4v) is 7.62. The summed E-state index contributed by atoms with van der Waals surface area (Å²) >= 11 is 0. The number of rotatable bonds is 0. The van der Waals surface area contributed by atoms with Crippen molar-refractivity contribution in [2.45, 2.75) is 71.2 Å². The normalized spacial score (nSPS) is 59.7. The van der Waals surface area contributed by atoms with Crippen molar-refractivity contribution < 1.29 is 14.3 Å². The Balaban J connectivity index is 1.54. The van der Waals surface area contributed by atoms with Crippen molar-refractivity contribution in [1.29, 1.82) is 5.26 Å². The van der Waals surface area contributed by atoms with Crippen LogP contribution < -0.4 is 0 Å². The molecule has 0 bridgehead atoms. The van der Waals surface area contributed by atoms with Gasteiger partial charge in [0.25, 0.3) is 0 Å². The average Bonchev–Trinajstić information content (AvgIpc) is 2.79. The molecule has 1 spiro atoms. The van der Waals surface area contributed by atoms with E-state index in [1.807, 2.05) is 0 Å². The van der Waals surface area contributed by atoms with E-state index in [0.29, 0.717) is 42.5 Å². The molecule has 5 rings (SSSR count). The van der Waals surface area contributed by atoms with Gasteiger partial charge < -0.3 is 9.47 Å². The second-order valence-corrected chi connectivity index (χ2v) is 9.88. The lowest BCUT2D eigenvalue weighted by molar-refractivity contribution is -0.422. The summed E-state index contributed by atoms with van der Waals surface area (Å²) in [6.45, 7) is 7.59. The number of nitriles is 1. The minimum absolute atomic E-state index is 0.0860. The molecule has 0 N–H and O–H groups in total. The fraction of sp³-hybridized carbons (Fsp3) is 0.905. The van der Waals surface area contributed by atoms with E-state index >= 15 is 0 Å². The average molecular weight is 343 g/mol. The third kappa shape index (κ3) is 1.64. The summed E-state index contributed by atoms with van der Waals surface area (Å²) in [4.78, 5) is 12.4. The van der Waals surface area contributed by atoms with Crippen LogP contribution in [0.2, 0.25) is 0 Å². The van der Waals surface area contributed by atoms with Crippen molar-refractivity contribution >= 4 is 5.78 Å². The first-order valence-corrected chi connectivity index (χ1v) is 10.1. The first kappa shape index (κ1) is 16.3. The molecule has 0 aromatic carbocycles. The van der Waals surface area contributed by atoms with Crippen molar-refractivity contribution in [3.8, 4) is 6.07 Å². The highest BCUT2D eigenvalue weighted by Crippen LogP contribution is 2.80. The topological polar surface area (TPSA) is 59.3 Å². The molecule has 2 saturated heterocycles. The molecule has 4 nitrogen and oxygen atoms in total. The van der Waals surface area contributed by atoms with E-state index in [1.165, 1.54) is 6.42 Å². The predicted octanol–water partition coefficient (Wildman–Crippen LogP) is 3.70. The molecule has 5 fully saturated rings. The van der Waals surface area contributed by atoms with Gasteiger partial charge in [-0.15, -0.1) is 0 Å². The highest BCUT2D eigenvalue weighted by Gasteiger charge is 2.84. The van der Waals surface area contributed by atoms with E-state index in [4.69, 9.17) is 9.47 Å². The van der Waals surface area contributed by atoms with Crippen LogP contribution in [0, 0.1) is 51.8 Å². The number of hydrogen-bond acceptors (Lipinski definition) is 4. The van der Waals surface area contributed by atoms with Crippen LogP contribution in [0.5, 0.6) is 0 Å². The number of carbonyl (C=O) groups is 1. The molecule has 0 aromatic heterocycles. The Labute approximate surface area is 150 Å². The van der Waals surface area contributed by atoms with Crippen LogP contribution in [0.1, 0.15) is 59.3 Å². The third-order valence-electron chi connectivity index (χ3n) is 9.24. The summed E-state index contributed by atoms with van der Waals surface area (Å²) in [6.07, 6.45) is 5.58. The van der Waals surface area contributed by atoms with Gasteiger partial charge in [0.1, 0.15) is 5.78 Å². The van der Waals surface area contributed by atoms with Crippen molar-refractivity contribution in [2.24, 2.45) is 40.4 Å². The van der Waals surface area contributed by atoms with Gasteiger partial charge in [0, 0.05) is 40.9 Å². The Morgan fingerprint density at radius 3 is 2.72 bits per heavy atom. The fourth-order valence-electron chi connectivity index (χ4n) is 7.62. The van der Waals surface area contributed by atoms with E-state index in [1.54, 1.807) is 0 Å². The molecule has 4 heteroatoms. The van der Waals surface area contributed by atoms with Gasteiger partial charge in [-0.1, -0.05) is 20.8 Å².